The van der Waals surface area contributed by atoms with Crippen molar-refractivity contribution in [2.75, 3.05) is 7.05 Å². The predicted octanol–water partition coefficient (Wildman–Crippen LogP) is 3.16. The lowest BCUT2D eigenvalue weighted by Crippen LogP contribution is -2.49. The fourth-order valence-electron chi connectivity index (χ4n) is 2.68. The Morgan fingerprint density at radius 1 is 1.35 bits per heavy atom. The quantitative estimate of drug-likeness (QED) is 0.627. The molecule has 1 fully saturated rings. The van der Waals surface area contributed by atoms with Gasteiger partial charge < -0.3 is 10.5 Å². The maximum Gasteiger partial charge on any atom is 0.0869 e. The molecule has 0 radical (unpaired) electrons. The highest BCUT2D eigenvalue weighted by Crippen LogP contribution is 2.38. The fraction of sp³-hybridized carbons (Fsp3) is 0.462. The minimum atomic E-state index is -0.411. The number of hydrogen-bond donors (Lipinski definition) is 2. The van der Waals surface area contributed by atoms with Crippen LogP contribution in [0.4, 0.5) is 0 Å². The molecule has 2 N–H and O–H groups in total. The second-order valence-corrected chi connectivity index (χ2v) is 4.80. The molecule has 17 heavy (non-hydrogen) atoms. The van der Waals surface area contributed by atoms with Crippen LogP contribution in [-0.2, 0) is 5.54 Å². The van der Waals surface area contributed by atoms with E-state index in [1.54, 1.807) is 0 Å². The van der Waals surface area contributed by atoms with E-state index in [0.29, 0.717) is 5.02 Å². The van der Waals surface area contributed by atoms with Crippen molar-refractivity contribution in [2.45, 2.75) is 31.2 Å². The Bertz CT molecular complexity index is 433. The van der Waals surface area contributed by atoms with E-state index in [2.05, 4.69) is 10.5 Å². The van der Waals surface area contributed by atoms with Crippen LogP contribution in [0.15, 0.2) is 29.4 Å². The van der Waals surface area contributed by atoms with Gasteiger partial charge in [-0.1, -0.05) is 41.4 Å². The summed E-state index contributed by atoms with van der Waals surface area (Å²) in [6.07, 6.45) is 3.88. The summed E-state index contributed by atoms with van der Waals surface area (Å²) in [4.78, 5) is 0. The van der Waals surface area contributed by atoms with Gasteiger partial charge in [0.25, 0.3) is 0 Å². The van der Waals surface area contributed by atoms with E-state index in [1.165, 1.54) is 0 Å². The van der Waals surface area contributed by atoms with E-state index >= 15 is 0 Å². The van der Waals surface area contributed by atoms with Gasteiger partial charge in [0.2, 0.25) is 0 Å². The van der Waals surface area contributed by atoms with Crippen LogP contribution in [0.3, 0.4) is 0 Å². The molecule has 1 aromatic carbocycles. The predicted molar refractivity (Wildman–Crippen MR) is 69.9 cm³/mol. The Hall–Kier alpha value is -1.06. The van der Waals surface area contributed by atoms with Gasteiger partial charge in [0.05, 0.1) is 11.3 Å². The van der Waals surface area contributed by atoms with Gasteiger partial charge in [0.1, 0.15) is 0 Å². The molecule has 0 aromatic heterocycles. The molecular formula is C13H17ClN2O. The Balaban J connectivity index is 2.53. The first-order chi connectivity index (χ1) is 8.24. The fourth-order valence-corrected chi connectivity index (χ4v) is 2.97. The third-order valence-electron chi connectivity index (χ3n) is 3.59. The summed E-state index contributed by atoms with van der Waals surface area (Å²) in [5, 5.41) is 16.7. The van der Waals surface area contributed by atoms with Crippen LogP contribution in [0.25, 0.3) is 0 Å². The first-order valence-corrected chi connectivity index (χ1v) is 6.28. The van der Waals surface area contributed by atoms with E-state index in [0.717, 1.165) is 37.0 Å². The molecule has 1 aliphatic rings. The lowest BCUT2D eigenvalue weighted by molar-refractivity contribution is 0.296. The van der Waals surface area contributed by atoms with Gasteiger partial charge in [-0.15, -0.1) is 0 Å². The summed E-state index contributed by atoms with van der Waals surface area (Å²) in [7, 11) is 1.89. The Labute approximate surface area is 106 Å². The lowest BCUT2D eigenvalue weighted by Gasteiger charge is -2.38. The SMILES string of the molecule is CNC1(c2ccccc2Cl)CCCCC1=NO. The maximum atomic E-state index is 9.21. The minimum Gasteiger partial charge on any atom is -0.411 e. The highest BCUT2D eigenvalue weighted by molar-refractivity contribution is 6.31. The molecule has 1 unspecified atom stereocenters. The largest absolute Gasteiger partial charge is 0.411 e. The maximum absolute atomic E-state index is 9.21. The number of nitrogens with zero attached hydrogens (tertiary/aromatic N) is 1. The molecule has 0 aliphatic heterocycles. The van der Waals surface area contributed by atoms with E-state index < -0.39 is 5.54 Å². The zero-order valence-electron chi connectivity index (χ0n) is 9.91. The molecule has 2 rings (SSSR count). The molecule has 0 amide bonds. The van der Waals surface area contributed by atoms with Gasteiger partial charge in [-0.25, -0.2) is 0 Å². The number of rotatable bonds is 2. The summed E-state index contributed by atoms with van der Waals surface area (Å²) in [5.74, 6) is 0. The van der Waals surface area contributed by atoms with Crippen molar-refractivity contribution in [3.05, 3.63) is 34.9 Å². The zero-order chi connectivity index (χ0) is 12.3. The van der Waals surface area contributed by atoms with Gasteiger partial charge in [-0.05, 0) is 37.9 Å². The van der Waals surface area contributed by atoms with Crippen molar-refractivity contribution in [3.63, 3.8) is 0 Å². The van der Waals surface area contributed by atoms with E-state index in [-0.39, 0.29) is 0 Å². The molecule has 1 aliphatic carbocycles. The second-order valence-electron chi connectivity index (χ2n) is 4.39. The van der Waals surface area contributed by atoms with Gasteiger partial charge in [-0.2, -0.15) is 0 Å². The van der Waals surface area contributed by atoms with E-state index in [1.807, 2.05) is 31.3 Å². The standard InChI is InChI=1S/C13H17ClN2O/c1-15-13(9-5-4-8-12(13)16-17)10-6-2-3-7-11(10)14/h2-3,6-7,15,17H,4-5,8-9H2,1H3. The van der Waals surface area contributed by atoms with Crippen molar-refractivity contribution >= 4 is 17.3 Å². The smallest absolute Gasteiger partial charge is 0.0869 e. The number of nitrogens with one attached hydrogen (secondary N) is 1. The van der Waals surface area contributed by atoms with Gasteiger partial charge in [-0.3, -0.25) is 0 Å². The van der Waals surface area contributed by atoms with Crippen molar-refractivity contribution in [1.82, 2.24) is 5.32 Å². The summed E-state index contributed by atoms with van der Waals surface area (Å²) in [5.41, 5.74) is 1.36. The first-order valence-electron chi connectivity index (χ1n) is 5.90. The first kappa shape index (κ1) is 12.4. The average molecular weight is 253 g/mol. The van der Waals surface area contributed by atoms with Crippen molar-refractivity contribution in [3.8, 4) is 0 Å². The summed E-state index contributed by atoms with van der Waals surface area (Å²) < 4.78 is 0. The zero-order valence-corrected chi connectivity index (χ0v) is 10.7. The Kier molecular flexibility index (Phi) is 3.69. The monoisotopic (exact) mass is 252 g/mol. The third-order valence-corrected chi connectivity index (χ3v) is 3.92. The van der Waals surface area contributed by atoms with Crippen LogP contribution in [0.5, 0.6) is 0 Å². The van der Waals surface area contributed by atoms with Crippen LogP contribution in [0, 0.1) is 0 Å². The van der Waals surface area contributed by atoms with Gasteiger partial charge >= 0.3 is 0 Å². The number of halogens is 1. The molecule has 0 spiro atoms. The Morgan fingerprint density at radius 2 is 2.12 bits per heavy atom. The normalized spacial score (nSPS) is 27.3. The van der Waals surface area contributed by atoms with Crippen molar-refractivity contribution in [1.29, 1.82) is 0 Å². The van der Waals surface area contributed by atoms with Crippen LogP contribution in [0.1, 0.15) is 31.2 Å². The molecule has 92 valence electrons. The highest BCUT2D eigenvalue weighted by atomic mass is 35.5. The summed E-state index contributed by atoms with van der Waals surface area (Å²) in [6, 6.07) is 7.74. The van der Waals surface area contributed by atoms with Crippen molar-refractivity contribution in [2.24, 2.45) is 5.16 Å². The van der Waals surface area contributed by atoms with Crippen LogP contribution >= 0.6 is 11.6 Å². The molecule has 1 atom stereocenters. The second kappa shape index (κ2) is 5.07. The van der Waals surface area contributed by atoms with Crippen LogP contribution < -0.4 is 5.32 Å². The lowest BCUT2D eigenvalue weighted by atomic mass is 9.75. The minimum absolute atomic E-state index is 0.411. The Morgan fingerprint density at radius 3 is 2.76 bits per heavy atom. The molecule has 0 saturated heterocycles. The third kappa shape index (κ3) is 2.05. The number of benzene rings is 1. The van der Waals surface area contributed by atoms with Gasteiger partial charge in [0, 0.05) is 5.02 Å². The molecule has 1 aromatic rings. The van der Waals surface area contributed by atoms with Crippen molar-refractivity contribution < 1.29 is 5.21 Å². The number of oxime groups is 1. The topological polar surface area (TPSA) is 44.6 Å². The number of hydrogen-bond acceptors (Lipinski definition) is 3. The van der Waals surface area contributed by atoms with E-state index in [4.69, 9.17) is 11.6 Å². The van der Waals surface area contributed by atoms with Gasteiger partial charge in [0.15, 0.2) is 0 Å². The highest BCUT2D eigenvalue weighted by Gasteiger charge is 2.39. The van der Waals surface area contributed by atoms with Crippen LogP contribution in [0.2, 0.25) is 5.02 Å². The molecule has 0 bridgehead atoms. The molecule has 3 nitrogen and oxygen atoms in total. The van der Waals surface area contributed by atoms with Crippen LogP contribution in [-0.4, -0.2) is 18.0 Å². The summed E-state index contributed by atoms with van der Waals surface area (Å²) >= 11 is 6.27. The molecule has 0 heterocycles. The average Bonchev–Trinajstić information content (AvgIpc) is 2.39. The molecule has 4 heteroatoms. The van der Waals surface area contributed by atoms with E-state index in [9.17, 15) is 5.21 Å². The summed E-state index contributed by atoms with van der Waals surface area (Å²) in [6.45, 7) is 0. The molecular weight excluding hydrogens is 236 g/mol. The molecule has 1 saturated carbocycles.